The molecule has 21 heavy (non-hydrogen) atoms. The Morgan fingerprint density at radius 3 is 2.62 bits per heavy atom. The number of thiophene rings is 1. The molecule has 0 unspecified atom stereocenters. The highest BCUT2D eigenvalue weighted by Crippen LogP contribution is 2.16. The number of rotatable bonds is 3. The van der Waals surface area contributed by atoms with Crippen molar-refractivity contribution in [1.82, 2.24) is 5.43 Å². The van der Waals surface area contributed by atoms with E-state index in [0.717, 1.165) is 16.7 Å². The van der Waals surface area contributed by atoms with E-state index in [9.17, 15) is 4.79 Å². The lowest BCUT2D eigenvalue weighted by Gasteiger charge is -2.04. The number of hydrogen-bond acceptors (Lipinski definition) is 3. The number of nitrogens with zero attached hydrogens (tertiary/aromatic N) is 1. The van der Waals surface area contributed by atoms with E-state index in [1.807, 2.05) is 36.6 Å². The molecule has 1 heterocycles. The maximum Gasteiger partial charge on any atom is 0.281 e. The predicted molar refractivity (Wildman–Crippen MR) is 87.9 cm³/mol. The number of nitrogens with one attached hydrogen (secondary N) is 1. The van der Waals surface area contributed by atoms with Crippen LogP contribution >= 0.6 is 11.3 Å². The zero-order valence-electron chi connectivity index (χ0n) is 11.5. The van der Waals surface area contributed by atoms with Gasteiger partial charge in [0.15, 0.2) is 0 Å². The lowest BCUT2D eigenvalue weighted by Crippen LogP contribution is -2.18. The van der Waals surface area contributed by atoms with Gasteiger partial charge < -0.3 is 0 Å². The Hall–Kier alpha value is -2.46. The molecule has 0 spiro atoms. The van der Waals surface area contributed by atoms with E-state index < -0.39 is 0 Å². The van der Waals surface area contributed by atoms with Gasteiger partial charge in [-0.15, -0.1) is 11.3 Å². The van der Waals surface area contributed by atoms with Crippen molar-refractivity contribution in [3.8, 4) is 0 Å². The van der Waals surface area contributed by atoms with Crippen molar-refractivity contribution in [2.24, 2.45) is 5.10 Å². The van der Waals surface area contributed by atoms with E-state index in [1.165, 1.54) is 16.7 Å². The monoisotopic (exact) mass is 294 g/mol. The number of hydrazone groups is 1. The minimum atomic E-state index is -0.176. The maximum absolute atomic E-state index is 11.8. The molecule has 0 saturated heterocycles. The molecule has 3 aromatic rings. The molecular formula is C17H14N2OS. The smallest absolute Gasteiger partial charge is 0.266 e. The molecular weight excluding hydrogens is 280 g/mol. The van der Waals surface area contributed by atoms with E-state index >= 15 is 0 Å². The highest BCUT2D eigenvalue weighted by Gasteiger charge is 2.05. The van der Waals surface area contributed by atoms with Crippen molar-refractivity contribution in [2.75, 3.05) is 0 Å². The van der Waals surface area contributed by atoms with Crippen LogP contribution in [-0.4, -0.2) is 11.6 Å². The van der Waals surface area contributed by atoms with Crippen LogP contribution < -0.4 is 5.43 Å². The Morgan fingerprint density at radius 1 is 1.05 bits per heavy atom. The fraction of sp³-hybridized carbons (Fsp3) is 0.0588. The molecule has 0 fully saturated rings. The van der Waals surface area contributed by atoms with Gasteiger partial charge in [-0.3, -0.25) is 4.79 Å². The number of benzene rings is 2. The largest absolute Gasteiger partial charge is 0.281 e. The summed E-state index contributed by atoms with van der Waals surface area (Å²) < 4.78 is 0. The van der Waals surface area contributed by atoms with Crippen LogP contribution in [0.2, 0.25) is 0 Å². The van der Waals surface area contributed by atoms with Gasteiger partial charge in [0.1, 0.15) is 0 Å². The van der Waals surface area contributed by atoms with Crippen LogP contribution in [0.25, 0.3) is 10.8 Å². The normalized spacial score (nSPS) is 11.6. The fourth-order valence-electron chi connectivity index (χ4n) is 2.08. The molecule has 0 saturated carbocycles. The van der Waals surface area contributed by atoms with Gasteiger partial charge >= 0.3 is 0 Å². The van der Waals surface area contributed by atoms with Crippen molar-refractivity contribution < 1.29 is 4.79 Å². The zero-order chi connectivity index (χ0) is 14.7. The number of amides is 1. The number of carbonyl (C=O) groups excluding carboxylic acids is 1. The molecule has 4 heteroatoms. The Bertz CT molecular complexity index is 807. The lowest BCUT2D eigenvalue weighted by atomic mass is 10.0. The molecule has 1 aromatic heterocycles. The van der Waals surface area contributed by atoms with Gasteiger partial charge in [-0.25, -0.2) is 5.43 Å². The second kappa shape index (κ2) is 5.89. The average Bonchev–Trinajstić information content (AvgIpc) is 3.06. The molecule has 3 nitrogen and oxygen atoms in total. The van der Waals surface area contributed by atoms with Crippen molar-refractivity contribution in [2.45, 2.75) is 6.92 Å². The SMILES string of the molecule is C/C(=N\NC(=O)c1cccs1)c1ccc2ccccc2c1. The topological polar surface area (TPSA) is 41.5 Å². The Morgan fingerprint density at radius 2 is 1.86 bits per heavy atom. The minimum absolute atomic E-state index is 0.176. The molecule has 0 bridgehead atoms. The van der Waals surface area contributed by atoms with E-state index in [2.05, 4.69) is 34.8 Å². The summed E-state index contributed by atoms with van der Waals surface area (Å²) in [4.78, 5) is 12.5. The van der Waals surface area contributed by atoms with Crippen molar-refractivity contribution in [3.63, 3.8) is 0 Å². The maximum atomic E-state index is 11.8. The molecule has 1 amide bonds. The Balaban J connectivity index is 1.81. The Kier molecular flexibility index (Phi) is 3.79. The van der Waals surface area contributed by atoms with Crippen LogP contribution in [0.15, 0.2) is 65.1 Å². The first-order valence-corrected chi connectivity index (χ1v) is 7.49. The van der Waals surface area contributed by atoms with E-state index in [-0.39, 0.29) is 5.91 Å². The molecule has 0 aliphatic heterocycles. The van der Waals surface area contributed by atoms with E-state index in [4.69, 9.17) is 0 Å². The molecule has 0 aliphatic carbocycles. The first kappa shape index (κ1) is 13.5. The molecule has 104 valence electrons. The number of fused-ring (bicyclic) bond motifs is 1. The average molecular weight is 294 g/mol. The summed E-state index contributed by atoms with van der Waals surface area (Å²) in [5, 5.41) is 8.40. The van der Waals surface area contributed by atoms with Crippen LogP contribution in [0.1, 0.15) is 22.2 Å². The van der Waals surface area contributed by atoms with E-state index in [0.29, 0.717) is 4.88 Å². The van der Waals surface area contributed by atoms with Gasteiger partial charge in [-0.2, -0.15) is 5.10 Å². The summed E-state index contributed by atoms with van der Waals surface area (Å²) in [6.07, 6.45) is 0. The predicted octanol–water partition coefficient (Wildman–Crippen LogP) is 4.06. The molecule has 0 atom stereocenters. The molecule has 1 N–H and O–H groups in total. The van der Waals surface area contributed by atoms with Crippen LogP contribution in [0.3, 0.4) is 0 Å². The minimum Gasteiger partial charge on any atom is -0.266 e. The van der Waals surface area contributed by atoms with Crippen LogP contribution in [-0.2, 0) is 0 Å². The van der Waals surface area contributed by atoms with Crippen molar-refractivity contribution in [3.05, 3.63) is 70.4 Å². The highest BCUT2D eigenvalue weighted by atomic mass is 32.1. The molecule has 2 aromatic carbocycles. The van der Waals surface area contributed by atoms with Crippen LogP contribution in [0.5, 0.6) is 0 Å². The van der Waals surface area contributed by atoms with Crippen LogP contribution in [0, 0.1) is 0 Å². The van der Waals surface area contributed by atoms with E-state index in [1.54, 1.807) is 6.07 Å². The summed E-state index contributed by atoms with van der Waals surface area (Å²) in [7, 11) is 0. The summed E-state index contributed by atoms with van der Waals surface area (Å²) in [6, 6.07) is 17.9. The summed E-state index contributed by atoms with van der Waals surface area (Å²) in [5.41, 5.74) is 4.37. The van der Waals surface area contributed by atoms with Gasteiger partial charge in [-0.05, 0) is 40.8 Å². The standard InChI is InChI=1S/C17H14N2OS/c1-12(18-19-17(20)16-7-4-10-21-16)14-9-8-13-5-2-3-6-15(13)11-14/h2-11H,1H3,(H,19,20)/b18-12+. The molecule has 0 aliphatic rings. The third kappa shape index (κ3) is 3.01. The van der Waals surface area contributed by atoms with Gasteiger partial charge in [0.05, 0.1) is 10.6 Å². The van der Waals surface area contributed by atoms with Crippen molar-refractivity contribution in [1.29, 1.82) is 0 Å². The zero-order valence-corrected chi connectivity index (χ0v) is 12.4. The highest BCUT2D eigenvalue weighted by molar-refractivity contribution is 7.12. The van der Waals surface area contributed by atoms with Gasteiger partial charge in [0.25, 0.3) is 5.91 Å². The summed E-state index contributed by atoms with van der Waals surface area (Å²) in [5.74, 6) is -0.176. The Labute approximate surface area is 126 Å². The summed E-state index contributed by atoms with van der Waals surface area (Å²) in [6.45, 7) is 1.89. The first-order valence-electron chi connectivity index (χ1n) is 6.61. The van der Waals surface area contributed by atoms with Crippen molar-refractivity contribution >= 4 is 33.7 Å². The van der Waals surface area contributed by atoms with Gasteiger partial charge in [0.2, 0.25) is 0 Å². The second-order valence-electron chi connectivity index (χ2n) is 4.68. The van der Waals surface area contributed by atoms with Gasteiger partial charge in [-0.1, -0.05) is 42.5 Å². The molecule has 0 radical (unpaired) electrons. The summed E-state index contributed by atoms with van der Waals surface area (Å²) >= 11 is 1.40. The van der Waals surface area contributed by atoms with Gasteiger partial charge in [0, 0.05) is 0 Å². The fourth-order valence-corrected chi connectivity index (χ4v) is 2.69. The third-order valence-corrected chi connectivity index (χ3v) is 4.11. The second-order valence-corrected chi connectivity index (χ2v) is 5.63. The lowest BCUT2D eigenvalue weighted by molar-refractivity contribution is 0.0959. The first-order chi connectivity index (χ1) is 10.2. The quantitative estimate of drug-likeness (QED) is 0.574. The molecule has 3 rings (SSSR count). The number of carbonyl (C=O) groups is 1. The number of hydrogen-bond donors (Lipinski definition) is 1. The van der Waals surface area contributed by atoms with Crippen LogP contribution in [0.4, 0.5) is 0 Å². The third-order valence-electron chi connectivity index (χ3n) is 3.24.